The molecule has 0 atom stereocenters. The molecule has 21 nitrogen and oxygen atoms in total. The number of hydrogen-bond acceptors (Lipinski definition) is 17. The number of carbonyl (C=O) groups excluding carboxylic acids is 4. The molecule has 2 aliphatic rings. The van der Waals surface area contributed by atoms with Gasteiger partial charge < -0.3 is 30.9 Å². The minimum absolute atomic E-state index is 0.0166. The maximum atomic E-state index is 13.6. The van der Waals surface area contributed by atoms with Crippen LogP contribution in [-0.2, 0) is 14.3 Å². The third kappa shape index (κ3) is 11.3. The van der Waals surface area contributed by atoms with E-state index < -0.39 is 10.8 Å². The van der Waals surface area contributed by atoms with E-state index in [2.05, 4.69) is 51.3 Å². The van der Waals surface area contributed by atoms with Crippen LogP contribution in [0.25, 0.3) is 11.0 Å². The molecule has 1 aliphatic heterocycles. The molecular weight excluding hydrogens is 859 g/mol. The third-order valence-corrected chi connectivity index (χ3v) is 12.2. The van der Waals surface area contributed by atoms with Crippen molar-refractivity contribution in [2.75, 3.05) is 85.2 Å². The number of piperazine rings is 1. The Morgan fingerprint density at radius 2 is 1.68 bits per heavy atom. The van der Waals surface area contributed by atoms with Gasteiger partial charge in [-0.2, -0.15) is 4.98 Å². The fourth-order valence-electron chi connectivity index (χ4n) is 8.03. The van der Waals surface area contributed by atoms with E-state index >= 15 is 0 Å². The van der Waals surface area contributed by atoms with Crippen molar-refractivity contribution < 1.29 is 28.8 Å². The van der Waals surface area contributed by atoms with E-state index in [0.29, 0.717) is 92.2 Å². The first-order valence-corrected chi connectivity index (χ1v) is 22.1. The predicted octanol–water partition coefficient (Wildman–Crippen LogP) is 4.81. The van der Waals surface area contributed by atoms with Crippen molar-refractivity contribution in [3.05, 3.63) is 85.6 Å². The molecule has 5 heterocycles. The quantitative estimate of drug-likeness (QED) is 0.0342. The van der Waals surface area contributed by atoms with Gasteiger partial charge in [-0.1, -0.05) is 12.8 Å². The Bertz CT molecular complexity index is 2660. The summed E-state index contributed by atoms with van der Waals surface area (Å²) in [6.45, 7) is 10.4. The minimum atomic E-state index is -0.555. The molecule has 4 aromatic heterocycles. The number of amides is 3. The van der Waals surface area contributed by atoms with Crippen LogP contribution in [0.5, 0.6) is 0 Å². The van der Waals surface area contributed by atoms with E-state index in [9.17, 15) is 34.1 Å². The molecule has 0 unspecified atom stereocenters. The summed E-state index contributed by atoms with van der Waals surface area (Å²) in [5.74, 6) is -0.396. The Morgan fingerprint density at radius 1 is 0.923 bits per heavy atom. The molecule has 2 fully saturated rings. The van der Waals surface area contributed by atoms with Gasteiger partial charge in [0.2, 0.25) is 17.8 Å². The minimum Gasteiger partial charge on any atom is -0.381 e. The lowest BCUT2D eigenvalue weighted by atomic mass is 10.0. The molecule has 0 radical (unpaired) electrons. The van der Waals surface area contributed by atoms with Crippen molar-refractivity contribution in [1.82, 2.24) is 34.7 Å². The van der Waals surface area contributed by atoms with Crippen LogP contribution in [0.1, 0.15) is 77.5 Å². The van der Waals surface area contributed by atoms with Gasteiger partial charge in [0.15, 0.2) is 10.9 Å². The number of nitro groups is 1. The number of rotatable bonds is 18. The van der Waals surface area contributed by atoms with E-state index in [1.54, 1.807) is 36.0 Å². The van der Waals surface area contributed by atoms with Crippen molar-refractivity contribution >= 4 is 84.8 Å². The number of pyridine rings is 2. The number of Topliss-reactive ketones (excluding diaryl/α,β-unsaturated/α-hetero) is 1. The smallest absolute Gasteiger partial charge is 0.348 e. The van der Waals surface area contributed by atoms with Gasteiger partial charge in [-0.25, -0.2) is 15.0 Å². The predicted molar refractivity (Wildman–Crippen MR) is 247 cm³/mol. The van der Waals surface area contributed by atoms with E-state index in [4.69, 9.17) is 9.72 Å². The highest BCUT2D eigenvalue weighted by atomic mass is 32.1. The lowest BCUT2D eigenvalue weighted by Crippen LogP contribution is -2.49. The summed E-state index contributed by atoms with van der Waals surface area (Å²) < 4.78 is 7.38. The van der Waals surface area contributed by atoms with E-state index in [1.807, 2.05) is 12.1 Å². The molecule has 3 amide bonds. The summed E-state index contributed by atoms with van der Waals surface area (Å²) >= 11 is 0.759. The second kappa shape index (κ2) is 20.7. The number of ether oxygens (including phenoxy) is 1. The number of anilines is 6. The SMILES string of the molecule is CC(=O)Nc1cc(C(=O)Nc2nc(C)c([N+](=O)[O-])s2)ccc1NCCOCCNC(=O)CN1CCN(c2ccc(Nc3ncc4c(C)c(C(C)=O)c(=O)n(C5CCCC5)c4n3)nc2)CC1. The Hall–Kier alpha value is -6.91. The standard InChI is InChI=1S/C43H51N13O8S/c1-25-32-23-47-42(51-38(32)55(30-7-5-6-8-30)40(61)37(25)27(3)57)50-35-12-10-31(22-46-35)54-17-15-53(16-18-54)24-36(59)45-14-20-64-19-13-44-33-11-9-29(21-34(33)49-28(4)58)39(60)52-43-48-26(2)41(65-43)56(62)63/h9-12,21-23,30,44H,5-8,13-20,24H2,1-4H3,(H,45,59)(H,49,58)(H,48,52,60)(H,46,47,50,51). The van der Waals surface area contributed by atoms with Gasteiger partial charge in [0.05, 0.1) is 53.5 Å². The summed E-state index contributed by atoms with van der Waals surface area (Å²) in [5, 5.41) is 26.3. The monoisotopic (exact) mass is 909 g/mol. The molecule has 7 rings (SSSR count). The molecular formula is C43H51N13O8S. The van der Waals surface area contributed by atoms with Gasteiger partial charge in [-0.3, -0.25) is 48.9 Å². The molecule has 22 heteroatoms. The number of nitrogens with zero attached hydrogens (tertiary/aromatic N) is 8. The van der Waals surface area contributed by atoms with Crippen LogP contribution < -0.4 is 37.0 Å². The summed E-state index contributed by atoms with van der Waals surface area (Å²) in [5.41, 5.74) is 3.28. The second-order valence-corrected chi connectivity index (χ2v) is 16.8. The Labute approximate surface area is 377 Å². The molecule has 0 spiro atoms. The summed E-state index contributed by atoms with van der Waals surface area (Å²) in [6, 6.07) is 8.48. The van der Waals surface area contributed by atoms with Gasteiger partial charge in [0.25, 0.3) is 11.5 Å². The van der Waals surface area contributed by atoms with Gasteiger partial charge >= 0.3 is 5.00 Å². The first-order chi connectivity index (χ1) is 31.2. The highest BCUT2D eigenvalue weighted by molar-refractivity contribution is 7.19. The van der Waals surface area contributed by atoms with Crippen LogP contribution in [0.4, 0.5) is 39.0 Å². The number of aryl methyl sites for hydroxylation is 2. The lowest BCUT2D eigenvalue weighted by molar-refractivity contribution is -0.380. The van der Waals surface area contributed by atoms with Crippen LogP contribution in [-0.4, -0.2) is 117 Å². The maximum Gasteiger partial charge on any atom is 0.348 e. The van der Waals surface area contributed by atoms with Crippen molar-refractivity contribution in [1.29, 1.82) is 0 Å². The molecule has 1 aliphatic carbocycles. The normalized spacial score (nSPS) is 14.3. The van der Waals surface area contributed by atoms with Gasteiger partial charge in [0.1, 0.15) is 17.2 Å². The van der Waals surface area contributed by atoms with Crippen molar-refractivity contribution in [2.24, 2.45) is 0 Å². The number of carbonyl (C=O) groups is 4. The van der Waals surface area contributed by atoms with Gasteiger partial charge in [-0.15, -0.1) is 0 Å². The van der Waals surface area contributed by atoms with E-state index in [-0.39, 0.29) is 62.7 Å². The molecule has 65 heavy (non-hydrogen) atoms. The zero-order valence-electron chi connectivity index (χ0n) is 36.6. The number of aromatic nitrogens is 5. The van der Waals surface area contributed by atoms with Crippen molar-refractivity contribution in [3.63, 3.8) is 0 Å². The summed E-state index contributed by atoms with van der Waals surface area (Å²) in [7, 11) is 0. The van der Waals surface area contributed by atoms with E-state index in [1.165, 1.54) is 26.8 Å². The van der Waals surface area contributed by atoms with Crippen LogP contribution in [0.3, 0.4) is 0 Å². The van der Waals surface area contributed by atoms with Crippen molar-refractivity contribution in [2.45, 2.75) is 59.4 Å². The Balaban J connectivity index is 0.817. The summed E-state index contributed by atoms with van der Waals surface area (Å²) in [4.78, 5) is 96.3. The first kappa shape index (κ1) is 46.1. The number of ketones is 1. The van der Waals surface area contributed by atoms with Crippen LogP contribution in [0, 0.1) is 24.0 Å². The maximum absolute atomic E-state index is 13.6. The fraction of sp³-hybridized carbons (Fsp3) is 0.419. The highest BCUT2D eigenvalue weighted by Crippen LogP contribution is 2.33. The van der Waals surface area contributed by atoms with Crippen molar-refractivity contribution in [3.8, 4) is 0 Å². The number of thiazole rings is 1. The first-order valence-electron chi connectivity index (χ1n) is 21.3. The zero-order chi connectivity index (χ0) is 46.2. The Morgan fingerprint density at radius 3 is 2.35 bits per heavy atom. The van der Waals surface area contributed by atoms with Crippen LogP contribution in [0.15, 0.2) is 47.5 Å². The number of fused-ring (bicyclic) bond motifs is 1. The molecule has 1 saturated carbocycles. The number of hydrogen-bond donors (Lipinski definition) is 5. The third-order valence-electron chi connectivity index (χ3n) is 11.2. The topological polar surface area (TPSA) is 261 Å². The molecule has 0 bridgehead atoms. The molecule has 1 saturated heterocycles. The highest BCUT2D eigenvalue weighted by Gasteiger charge is 2.27. The van der Waals surface area contributed by atoms with Gasteiger partial charge in [-0.05, 0) is 80.8 Å². The molecule has 5 aromatic rings. The van der Waals surface area contributed by atoms with Gasteiger partial charge in [0, 0.05) is 69.4 Å². The molecule has 1 aromatic carbocycles. The summed E-state index contributed by atoms with van der Waals surface area (Å²) in [6.07, 6.45) is 7.20. The van der Waals surface area contributed by atoms with Crippen LogP contribution >= 0.6 is 11.3 Å². The number of nitrogens with one attached hydrogen (secondary N) is 5. The van der Waals surface area contributed by atoms with E-state index in [0.717, 1.165) is 42.7 Å². The largest absolute Gasteiger partial charge is 0.381 e. The lowest BCUT2D eigenvalue weighted by Gasteiger charge is -2.35. The zero-order valence-corrected chi connectivity index (χ0v) is 37.4. The second-order valence-electron chi connectivity index (χ2n) is 15.8. The molecule has 5 N–H and O–H groups in total. The average molecular weight is 910 g/mol. The number of benzene rings is 1. The fourth-order valence-corrected chi connectivity index (χ4v) is 8.81. The Kier molecular flexibility index (Phi) is 14.7. The average Bonchev–Trinajstić information content (AvgIpc) is 3.94. The van der Waals surface area contributed by atoms with Crippen LogP contribution in [0.2, 0.25) is 0 Å². The molecule has 342 valence electrons.